The molecule has 112 valence electrons. The van der Waals surface area contributed by atoms with E-state index in [4.69, 9.17) is 4.74 Å². The summed E-state index contributed by atoms with van der Waals surface area (Å²) in [7, 11) is 0. The minimum Gasteiger partial charge on any atom is -0.435 e. The molecule has 0 saturated carbocycles. The summed E-state index contributed by atoms with van der Waals surface area (Å²) in [5.41, 5.74) is 0.918. The number of halogens is 2. The van der Waals surface area contributed by atoms with Gasteiger partial charge in [0.15, 0.2) is 0 Å². The fraction of sp³-hybridized carbons (Fsp3) is 0.600. The van der Waals surface area contributed by atoms with Gasteiger partial charge >= 0.3 is 6.61 Å². The Morgan fingerprint density at radius 2 is 1.95 bits per heavy atom. The second-order valence-electron chi connectivity index (χ2n) is 5.42. The number of hydrogen-bond donors (Lipinski definition) is 1. The van der Waals surface area contributed by atoms with Crippen molar-refractivity contribution in [3.63, 3.8) is 0 Å². The minimum absolute atomic E-state index is 0.178. The van der Waals surface area contributed by atoms with Gasteiger partial charge in [0.2, 0.25) is 0 Å². The number of nitrogens with one attached hydrogen (secondary N) is 1. The molecule has 1 heterocycles. The Kier molecular flexibility index (Phi) is 5.17. The molecule has 2 unspecified atom stereocenters. The topological polar surface area (TPSA) is 30.5 Å². The fourth-order valence-electron chi connectivity index (χ4n) is 2.39. The lowest BCUT2D eigenvalue weighted by atomic mass is 9.95. The predicted octanol–water partition coefficient (Wildman–Crippen LogP) is 3.90. The summed E-state index contributed by atoms with van der Waals surface area (Å²) in [5.74, 6) is 0.680. The number of alkyl halides is 2. The molecule has 1 aromatic rings. The molecule has 0 amide bonds. The number of ether oxygens (including phenoxy) is 2. The first-order valence-electron chi connectivity index (χ1n) is 6.97. The summed E-state index contributed by atoms with van der Waals surface area (Å²) < 4.78 is 34.2. The Morgan fingerprint density at radius 3 is 2.55 bits per heavy atom. The number of rotatable bonds is 5. The van der Waals surface area contributed by atoms with Crippen LogP contribution in [0.5, 0.6) is 5.75 Å². The highest BCUT2D eigenvalue weighted by Crippen LogP contribution is 2.24. The van der Waals surface area contributed by atoms with Crippen LogP contribution in [0, 0.1) is 5.92 Å². The first-order chi connectivity index (χ1) is 9.54. The molecular formula is C15H21F2NO2. The Labute approximate surface area is 118 Å². The van der Waals surface area contributed by atoms with Crippen LogP contribution in [0.1, 0.15) is 26.7 Å². The molecular weight excluding hydrogens is 264 g/mol. The van der Waals surface area contributed by atoms with Crippen LogP contribution in [0.15, 0.2) is 24.3 Å². The van der Waals surface area contributed by atoms with E-state index in [0.29, 0.717) is 12.0 Å². The van der Waals surface area contributed by atoms with Crippen molar-refractivity contribution in [1.29, 1.82) is 0 Å². The van der Waals surface area contributed by atoms with Crippen LogP contribution in [0.25, 0.3) is 0 Å². The molecule has 2 atom stereocenters. The lowest BCUT2D eigenvalue weighted by Crippen LogP contribution is -2.36. The number of anilines is 1. The van der Waals surface area contributed by atoms with Crippen molar-refractivity contribution in [3.05, 3.63) is 24.3 Å². The Morgan fingerprint density at radius 1 is 1.25 bits per heavy atom. The van der Waals surface area contributed by atoms with Gasteiger partial charge in [0.1, 0.15) is 5.75 Å². The van der Waals surface area contributed by atoms with E-state index in [-0.39, 0.29) is 11.9 Å². The summed E-state index contributed by atoms with van der Waals surface area (Å²) >= 11 is 0. The van der Waals surface area contributed by atoms with E-state index in [0.717, 1.165) is 25.1 Å². The van der Waals surface area contributed by atoms with E-state index in [2.05, 4.69) is 23.9 Å². The zero-order valence-electron chi connectivity index (χ0n) is 11.8. The molecule has 3 nitrogen and oxygen atoms in total. The molecule has 1 fully saturated rings. The molecule has 1 saturated heterocycles. The number of hydrogen-bond acceptors (Lipinski definition) is 3. The number of benzene rings is 1. The van der Waals surface area contributed by atoms with Gasteiger partial charge in [-0.3, -0.25) is 0 Å². The van der Waals surface area contributed by atoms with Crippen molar-refractivity contribution in [2.24, 2.45) is 5.92 Å². The summed E-state index contributed by atoms with van der Waals surface area (Å²) in [6.07, 6.45) is 2.20. The quantitative estimate of drug-likeness (QED) is 0.890. The average molecular weight is 285 g/mol. The first-order valence-corrected chi connectivity index (χ1v) is 6.97. The second-order valence-corrected chi connectivity index (χ2v) is 5.42. The van der Waals surface area contributed by atoms with Gasteiger partial charge in [0.05, 0.1) is 6.10 Å². The van der Waals surface area contributed by atoms with E-state index < -0.39 is 6.61 Å². The molecule has 0 aromatic heterocycles. The van der Waals surface area contributed by atoms with Crippen LogP contribution >= 0.6 is 0 Å². The van der Waals surface area contributed by atoms with Crippen LogP contribution in [-0.4, -0.2) is 25.4 Å². The maximum Gasteiger partial charge on any atom is 0.387 e. The molecule has 1 aromatic carbocycles. The van der Waals surface area contributed by atoms with E-state index in [1.807, 2.05) is 0 Å². The van der Waals surface area contributed by atoms with Gasteiger partial charge in [0.25, 0.3) is 0 Å². The molecule has 0 radical (unpaired) electrons. The lowest BCUT2D eigenvalue weighted by molar-refractivity contribution is -0.0498. The van der Waals surface area contributed by atoms with Gasteiger partial charge in [0, 0.05) is 18.3 Å². The second kappa shape index (κ2) is 6.88. The monoisotopic (exact) mass is 285 g/mol. The van der Waals surface area contributed by atoms with Crippen LogP contribution in [0.3, 0.4) is 0 Å². The van der Waals surface area contributed by atoms with Crippen LogP contribution in [-0.2, 0) is 4.74 Å². The third-order valence-electron chi connectivity index (χ3n) is 3.51. The molecule has 20 heavy (non-hydrogen) atoms. The highest BCUT2D eigenvalue weighted by atomic mass is 19.3. The smallest absolute Gasteiger partial charge is 0.387 e. The molecule has 2 rings (SSSR count). The van der Waals surface area contributed by atoms with Gasteiger partial charge in [-0.1, -0.05) is 13.8 Å². The highest BCUT2D eigenvalue weighted by molar-refractivity contribution is 5.47. The zero-order chi connectivity index (χ0) is 14.5. The van der Waals surface area contributed by atoms with Crippen LogP contribution < -0.4 is 10.1 Å². The Bertz CT molecular complexity index is 409. The summed E-state index contributed by atoms with van der Waals surface area (Å²) in [6, 6.07) is 6.98. The third kappa shape index (κ3) is 4.34. The summed E-state index contributed by atoms with van der Waals surface area (Å²) in [5, 5.41) is 3.42. The van der Waals surface area contributed by atoms with E-state index in [1.54, 1.807) is 24.3 Å². The maximum atomic E-state index is 12.1. The molecule has 5 heteroatoms. The molecule has 0 aliphatic carbocycles. The molecule has 0 bridgehead atoms. The molecule has 1 aliphatic rings. The van der Waals surface area contributed by atoms with E-state index >= 15 is 0 Å². The van der Waals surface area contributed by atoms with Gasteiger partial charge in [-0.2, -0.15) is 8.78 Å². The normalized spacial score (nSPS) is 23.1. The maximum absolute atomic E-state index is 12.1. The molecule has 1 aliphatic heterocycles. The van der Waals surface area contributed by atoms with Crippen LogP contribution in [0.4, 0.5) is 14.5 Å². The van der Waals surface area contributed by atoms with E-state index in [1.165, 1.54) is 0 Å². The SMILES string of the molecule is CC(C)C1CC(Nc2ccc(OC(F)F)cc2)CCO1. The van der Waals surface area contributed by atoms with Crippen LogP contribution in [0.2, 0.25) is 0 Å². The van der Waals surface area contributed by atoms with Crippen molar-refractivity contribution in [2.45, 2.75) is 45.4 Å². The zero-order valence-corrected chi connectivity index (χ0v) is 11.8. The van der Waals surface area contributed by atoms with Crippen molar-refractivity contribution >= 4 is 5.69 Å². The fourth-order valence-corrected chi connectivity index (χ4v) is 2.39. The predicted molar refractivity (Wildman–Crippen MR) is 74.3 cm³/mol. The van der Waals surface area contributed by atoms with Crippen molar-refractivity contribution < 1.29 is 18.3 Å². The van der Waals surface area contributed by atoms with Crippen molar-refractivity contribution in [1.82, 2.24) is 0 Å². The van der Waals surface area contributed by atoms with Crippen molar-refractivity contribution in [2.75, 3.05) is 11.9 Å². The van der Waals surface area contributed by atoms with Crippen molar-refractivity contribution in [3.8, 4) is 5.75 Å². The first kappa shape index (κ1) is 15.0. The Balaban J connectivity index is 1.89. The van der Waals surface area contributed by atoms with Gasteiger partial charge in [-0.05, 0) is 43.0 Å². The standard InChI is InChI=1S/C15H21F2NO2/c1-10(2)14-9-12(7-8-19-14)18-11-3-5-13(6-4-11)20-15(16)17/h3-6,10,12,14-15,18H,7-9H2,1-2H3. The largest absolute Gasteiger partial charge is 0.435 e. The molecule has 1 N–H and O–H groups in total. The summed E-state index contributed by atoms with van der Waals surface area (Å²) in [4.78, 5) is 0. The third-order valence-corrected chi connectivity index (χ3v) is 3.51. The minimum atomic E-state index is -2.78. The average Bonchev–Trinajstić information content (AvgIpc) is 2.41. The van der Waals surface area contributed by atoms with E-state index in [9.17, 15) is 8.78 Å². The van der Waals surface area contributed by atoms with Gasteiger partial charge < -0.3 is 14.8 Å². The highest BCUT2D eigenvalue weighted by Gasteiger charge is 2.24. The van der Waals surface area contributed by atoms with Gasteiger partial charge in [-0.15, -0.1) is 0 Å². The van der Waals surface area contributed by atoms with Gasteiger partial charge in [-0.25, -0.2) is 0 Å². The summed E-state index contributed by atoms with van der Waals surface area (Å²) in [6.45, 7) is 2.29. The molecule has 0 spiro atoms. The Hall–Kier alpha value is -1.36. The lowest BCUT2D eigenvalue weighted by Gasteiger charge is -2.33.